The molecule has 0 fully saturated rings. The van der Waals surface area contributed by atoms with Gasteiger partial charge in [0.1, 0.15) is 11.6 Å². The molecule has 1 aromatic rings. The van der Waals surface area contributed by atoms with E-state index in [0.29, 0.717) is 17.6 Å². The second-order valence-corrected chi connectivity index (χ2v) is 10.1. The molecule has 2 rings (SSSR count). The molecule has 0 saturated carbocycles. The van der Waals surface area contributed by atoms with Gasteiger partial charge in [0.15, 0.2) is 0 Å². The maximum Gasteiger partial charge on any atom is 0.269 e. The number of nitrogens with one attached hydrogen (secondary N) is 1. The Balaban J connectivity index is 2.20. The highest BCUT2D eigenvalue weighted by Crippen LogP contribution is 2.32. The average Bonchev–Trinajstić information content (AvgIpc) is 3.29. The monoisotopic (exact) mass is 483 g/mol. The summed E-state index contributed by atoms with van der Waals surface area (Å²) in [6.45, 7) is 8.68. The number of hydrogen-bond acceptors (Lipinski definition) is 5. The van der Waals surface area contributed by atoms with Gasteiger partial charge in [0.05, 0.1) is 5.00 Å². The van der Waals surface area contributed by atoms with E-state index in [1.54, 1.807) is 11.3 Å². The molecule has 0 aliphatic carbocycles. The minimum absolute atomic E-state index is 0.0844. The predicted molar refractivity (Wildman–Crippen MR) is 143 cm³/mol. The Morgan fingerprint density at radius 2 is 1.50 bits per heavy atom. The van der Waals surface area contributed by atoms with Crippen LogP contribution in [-0.4, -0.2) is 24.9 Å². The number of imide groups is 1. The lowest BCUT2D eigenvalue weighted by Gasteiger charge is -2.22. The van der Waals surface area contributed by atoms with Crippen LogP contribution in [0.5, 0.6) is 0 Å². The van der Waals surface area contributed by atoms with E-state index in [-0.39, 0.29) is 5.57 Å². The predicted octanol–water partition coefficient (Wildman–Crippen LogP) is 7.16. The highest BCUT2D eigenvalue weighted by molar-refractivity contribution is 7.17. The van der Waals surface area contributed by atoms with Crippen LogP contribution in [0.25, 0.3) is 6.08 Å². The van der Waals surface area contributed by atoms with Crippen molar-refractivity contribution in [2.45, 2.75) is 97.8 Å². The van der Waals surface area contributed by atoms with Crippen molar-refractivity contribution in [3.63, 3.8) is 0 Å². The fourth-order valence-electron chi connectivity index (χ4n) is 4.19. The van der Waals surface area contributed by atoms with Crippen molar-refractivity contribution in [1.82, 2.24) is 5.32 Å². The van der Waals surface area contributed by atoms with E-state index in [2.05, 4.69) is 37.1 Å². The second-order valence-electron chi connectivity index (χ2n) is 9.05. The molecule has 186 valence electrons. The molecule has 0 saturated heterocycles. The lowest BCUT2D eigenvalue weighted by atomic mass is 9.90. The van der Waals surface area contributed by atoms with Gasteiger partial charge in [-0.1, -0.05) is 72.1 Å². The summed E-state index contributed by atoms with van der Waals surface area (Å²) in [4.78, 5) is 28.5. The van der Waals surface area contributed by atoms with Crippen molar-refractivity contribution >= 4 is 34.2 Å². The Hall–Kier alpha value is -2.39. The number of rotatable bonds is 16. The molecule has 1 aliphatic rings. The van der Waals surface area contributed by atoms with Crippen molar-refractivity contribution in [1.29, 1.82) is 5.26 Å². The molecular weight excluding hydrogens is 442 g/mol. The number of carbonyl (C=O) groups excluding carboxylic acids is 2. The zero-order valence-corrected chi connectivity index (χ0v) is 22.1. The number of thiophene rings is 1. The fraction of sp³-hybridized carbons (Fsp3) is 0.607. The van der Waals surface area contributed by atoms with Crippen LogP contribution in [-0.2, 0) is 9.59 Å². The van der Waals surface area contributed by atoms with Gasteiger partial charge in [-0.2, -0.15) is 5.26 Å². The molecule has 1 N–H and O–H groups in total. The van der Waals surface area contributed by atoms with E-state index < -0.39 is 11.8 Å². The third kappa shape index (κ3) is 8.43. The zero-order chi connectivity index (χ0) is 24.8. The molecule has 0 atom stereocenters. The Bertz CT molecular complexity index is 899. The van der Waals surface area contributed by atoms with E-state index in [9.17, 15) is 14.9 Å². The summed E-state index contributed by atoms with van der Waals surface area (Å²) >= 11 is 1.67. The van der Waals surface area contributed by atoms with Gasteiger partial charge in [-0.25, -0.2) is 0 Å². The molecule has 34 heavy (non-hydrogen) atoms. The van der Waals surface area contributed by atoms with Gasteiger partial charge < -0.3 is 4.90 Å². The summed E-state index contributed by atoms with van der Waals surface area (Å²) in [5.41, 5.74) is 1.15. The molecule has 0 bridgehead atoms. The quantitative estimate of drug-likeness (QED) is 0.154. The smallest absolute Gasteiger partial charge is 0.269 e. The van der Waals surface area contributed by atoms with Crippen molar-refractivity contribution in [2.75, 3.05) is 18.0 Å². The van der Waals surface area contributed by atoms with Crippen LogP contribution in [0.3, 0.4) is 0 Å². The first-order valence-corrected chi connectivity index (χ1v) is 13.9. The van der Waals surface area contributed by atoms with E-state index in [0.717, 1.165) is 62.9 Å². The molecule has 0 spiro atoms. The van der Waals surface area contributed by atoms with Gasteiger partial charge in [0.25, 0.3) is 11.8 Å². The maximum absolute atomic E-state index is 12.8. The van der Waals surface area contributed by atoms with Crippen LogP contribution in [0, 0.1) is 11.3 Å². The molecule has 2 amide bonds. The summed E-state index contributed by atoms with van der Waals surface area (Å²) < 4.78 is 0. The number of nitriles is 1. The first kappa shape index (κ1) is 27.9. The number of nitrogens with zero attached hydrogens (tertiary/aromatic N) is 2. The van der Waals surface area contributed by atoms with Crippen molar-refractivity contribution in [3.05, 3.63) is 33.7 Å². The van der Waals surface area contributed by atoms with E-state index in [4.69, 9.17) is 0 Å². The maximum atomic E-state index is 12.8. The fourth-order valence-corrected chi connectivity index (χ4v) is 5.20. The van der Waals surface area contributed by atoms with Gasteiger partial charge in [0.2, 0.25) is 0 Å². The van der Waals surface area contributed by atoms with Crippen LogP contribution in [0.2, 0.25) is 0 Å². The minimum Gasteiger partial charge on any atom is -0.363 e. The average molecular weight is 484 g/mol. The number of amides is 2. The Morgan fingerprint density at radius 1 is 0.882 bits per heavy atom. The SMILES string of the molecule is CCCCCCCCCC1=C(C#N)C(=O)NC(=O)/C1=C\c1ccc(N(CCCC)CCCC)s1. The summed E-state index contributed by atoms with van der Waals surface area (Å²) in [6.07, 6.45) is 15.1. The lowest BCUT2D eigenvalue weighted by molar-refractivity contribution is -0.126. The molecule has 6 heteroatoms. The molecule has 0 aromatic carbocycles. The minimum atomic E-state index is -0.570. The van der Waals surface area contributed by atoms with Crippen molar-refractivity contribution in [2.24, 2.45) is 0 Å². The molecule has 1 aromatic heterocycles. The summed E-state index contributed by atoms with van der Waals surface area (Å²) in [6, 6.07) is 6.21. The van der Waals surface area contributed by atoms with Gasteiger partial charge >= 0.3 is 0 Å². The molecule has 5 nitrogen and oxygen atoms in total. The molecule has 0 unspecified atom stereocenters. The second kappa shape index (κ2) is 15.5. The van der Waals surface area contributed by atoms with Crippen LogP contribution in [0.1, 0.15) is 103 Å². The standard InChI is InChI=1S/C28H41N3O2S/c1-4-7-10-11-12-13-14-15-23-24(27(32)30-28(33)25(23)21-29)20-22-16-17-26(34-22)31(18-8-5-2)19-9-6-3/h16-17,20H,4-15,18-19H2,1-3H3,(H,30,32,33)/b24-20-. The largest absolute Gasteiger partial charge is 0.363 e. The Kier molecular flexibility index (Phi) is 12.7. The number of hydrogen-bond donors (Lipinski definition) is 1. The van der Waals surface area contributed by atoms with Gasteiger partial charge in [0, 0.05) is 23.5 Å². The zero-order valence-electron chi connectivity index (χ0n) is 21.3. The van der Waals surface area contributed by atoms with E-state index in [1.807, 2.05) is 18.2 Å². The topological polar surface area (TPSA) is 73.2 Å². The summed E-state index contributed by atoms with van der Waals surface area (Å²) in [5, 5.41) is 13.2. The molecule has 2 heterocycles. The molecular formula is C28H41N3O2S. The first-order valence-electron chi connectivity index (χ1n) is 13.1. The number of unbranched alkanes of at least 4 members (excludes halogenated alkanes) is 8. The summed E-state index contributed by atoms with van der Waals surface area (Å²) in [7, 11) is 0. The van der Waals surface area contributed by atoms with Crippen LogP contribution in [0.15, 0.2) is 28.9 Å². The van der Waals surface area contributed by atoms with Gasteiger partial charge in [-0.05, 0) is 49.5 Å². The van der Waals surface area contributed by atoms with Gasteiger partial charge in [-0.15, -0.1) is 11.3 Å². The lowest BCUT2D eigenvalue weighted by Crippen LogP contribution is -2.38. The highest BCUT2D eigenvalue weighted by Gasteiger charge is 2.29. The van der Waals surface area contributed by atoms with Crippen LogP contribution < -0.4 is 10.2 Å². The van der Waals surface area contributed by atoms with Crippen LogP contribution >= 0.6 is 11.3 Å². The molecule has 1 aliphatic heterocycles. The van der Waals surface area contributed by atoms with E-state index in [1.165, 1.54) is 30.7 Å². The molecule has 0 radical (unpaired) electrons. The third-order valence-corrected chi connectivity index (χ3v) is 7.33. The van der Waals surface area contributed by atoms with Gasteiger partial charge in [-0.3, -0.25) is 14.9 Å². The number of carbonyl (C=O) groups is 2. The third-order valence-electron chi connectivity index (χ3n) is 6.24. The normalized spacial score (nSPS) is 15.1. The first-order chi connectivity index (χ1) is 16.5. The summed E-state index contributed by atoms with van der Waals surface area (Å²) in [5.74, 6) is -0.967. The van der Waals surface area contributed by atoms with E-state index >= 15 is 0 Å². The van der Waals surface area contributed by atoms with Crippen molar-refractivity contribution in [3.8, 4) is 6.07 Å². The Morgan fingerprint density at radius 3 is 2.12 bits per heavy atom. The Labute approximate surface area is 209 Å². The highest BCUT2D eigenvalue weighted by atomic mass is 32.1. The van der Waals surface area contributed by atoms with Crippen molar-refractivity contribution < 1.29 is 9.59 Å². The number of anilines is 1. The van der Waals surface area contributed by atoms with Crippen LogP contribution in [0.4, 0.5) is 5.00 Å².